The van der Waals surface area contributed by atoms with Gasteiger partial charge in [-0.25, -0.2) is 4.79 Å². The van der Waals surface area contributed by atoms with Crippen molar-refractivity contribution in [2.45, 2.75) is 6.92 Å². The number of ether oxygens (including phenoxy) is 1. The third-order valence-corrected chi connectivity index (χ3v) is 4.12. The maximum atomic E-state index is 12.9. The minimum absolute atomic E-state index is 0.0101. The Morgan fingerprint density at radius 2 is 1.81 bits per heavy atom. The first-order valence-corrected chi connectivity index (χ1v) is 8.07. The number of rotatable bonds is 3. The summed E-state index contributed by atoms with van der Waals surface area (Å²) in [5.74, 6) is -1.72. The summed E-state index contributed by atoms with van der Waals surface area (Å²) < 4.78 is 10.8. The van der Waals surface area contributed by atoms with Crippen molar-refractivity contribution in [2.75, 3.05) is 6.61 Å². The van der Waals surface area contributed by atoms with E-state index in [0.717, 1.165) is 0 Å². The summed E-state index contributed by atoms with van der Waals surface area (Å²) in [6, 6.07) is 11.9. The SMILES string of the molecule is CCOC(=O)c1c(-c2ccccc2)oc2c1C(=O)c1ncccc1C2=O. The lowest BCUT2D eigenvalue weighted by atomic mass is 9.89. The molecule has 1 aromatic carbocycles. The predicted octanol–water partition coefficient (Wildman–Crippen LogP) is 3.29. The number of aromatic nitrogens is 1. The average molecular weight is 347 g/mol. The second-order valence-corrected chi connectivity index (χ2v) is 5.65. The summed E-state index contributed by atoms with van der Waals surface area (Å²) in [4.78, 5) is 42.3. The monoisotopic (exact) mass is 347 g/mol. The number of ketones is 2. The van der Waals surface area contributed by atoms with Gasteiger partial charge in [0.2, 0.25) is 11.6 Å². The normalized spacial score (nSPS) is 12.5. The molecule has 4 rings (SSSR count). The van der Waals surface area contributed by atoms with Crippen molar-refractivity contribution in [3.05, 3.63) is 76.8 Å². The fraction of sp³-hybridized carbons (Fsp3) is 0.100. The first kappa shape index (κ1) is 16.0. The third kappa shape index (κ3) is 2.27. The lowest BCUT2D eigenvalue weighted by Crippen LogP contribution is -2.23. The van der Waals surface area contributed by atoms with Gasteiger partial charge in [0.25, 0.3) is 0 Å². The van der Waals surface area contributed by atoms with Gasteiger partial charge in [0.1, 0.15) is 17.0 Å². The zero-order valence-corrected chi connectivity index (χ0v) is 13.8. The highest BCUT2D eigenvalue weighted by molar-refractivity contribution is 6.29. The van der Waals surface area contributed by atoms with E-state index in [4.69, 9.17) is 9.15 Å². The Labute approximate surface area is 148 Å². The molecule has 0 unspecified atom stereocenters. The second kappa shape index (κ2) is 6.07. The van der Waals surface area contributed by atoms with E-state index >= 15 is 0 Å². The third-order valence-electron chi connectivity index (χ3n) is 4.12. The van der Waals surface area contributed by atoms with Gasteiger partial charge in [-0.2, -0.15) is 0 Å². The number of benzene rings is 1. The molecule has 0 spiro atoms. The molecule has 6 heteroatoms. The van der Waals surface area contributed by atoms with E-state index in [0.29, 0.717) is 5.56 Å². The molecule has 0 bridgehead atoms. The molecular weight excluding hydrogens is 334 g/mol. The number of carbonyl (C=O) groups is 3. The predicted molar refractivity (Wildman–Crippen MR) is 91.2 cm³/mol. The Kier molecular flexibility index (Phi) is 3.73. The van der Waals surface area contributed by atoms with Crippen LogP contribution in [0.5, 0.6) is 0 Å². The molecule has 2 aromatic heterocycles. The Balaban J connectivity index is 2.01. The lowest BCUT2D eigenvalue weighted by molar-refractivity contribution is 0.0524. The number of hydrogen-bond acceptors (Lipinski definition) is 6. The topological polar surface area (TPSA) is 86.5 Å². The van der Waals surface area contributed by atoms with E-state index in [1.54, 1.807) is 37.3 Å². The van der Waals surface area contributed by atoms with Crippen LogP contribution in [0, 0.1) is 0 Å². The molecule has 26 heavy (non-hydrogen) atoms. The van der Waals surface area contributed by atoms with Gasteiger partial charge >= 0.3 is 5.97 Å². The van der Waals surface area contributed by atoms with Gasteiger partial charge in [-0.1, -0.05) is 30.3 Å². The highest BCUT2D eigenvalue weighted by Gasteiger charge is 2.40. The number of esters is 1. The number of carbonyl (C=O) groups excluding carboxylic acids is 3. The zero-order chi connectivity index (χ0) is 18.3. The number of furan rings is 1. The van der Waals surface area contributed by atoms with Crippen LogP contribution in [0.2, 0.25) is 0 Å². The Morgan fingerprint density at radius 1 is 1.04 bits per heavy atom. The molecule has 2 heterocycles. The molecule has 0 radical (unpaired) electrons. The van der Waals surface area contributed by atoms with Crippen LogP contribution in [0.1, 0.15) is 49.5 Å². The zero-order valence-electron chi connectivity index (χ0n) is 13.8. The molecule has 0 fully saturated rings. The minimum atomic E-state index is -0.711. The van der Waals surface area contributed by atoms with E-state index in [-0.39, 0.29) is 40.5 Å². The quantitative estimate of drug-likeness (QED) is 0.529. The summed E-state index contributed by atoms with van der Waals surface area (Å²) in [7, 11) is 0. The first-order chi connectivity index (χ1) is 12.6. The van der Waals surface area contributed by atoms with Crippen LogP contribution in [0.25, 0.3) is 11.3 Å². The van der Waals surface area contributed by atoms with Gasteiger partial charge in [0.15, 0.2) is 5.76 Å². The molecule has 0 aliphatic heterocycles. The summed E-state index contributed by atoms with van der Waals surface area (Å²) in [5.41, 5.74) is 0.619. The first-order valence-electron chi connectivity index (χ1n) is 8.07. The number of nitrogens with zero attached hydrogens (tertiary/aromatic N) is 1. The van der Waals surface area contributed by atoms with Gasteiger partial charge in [-0.15, -0.1) is 0 Å². The van der Waals surface area contributed by atoms with Gasteiger partial charge < -0.3 is 9.15 Å². The standard InChI is InChI=1S/C20H13NO5/c1-2-25-20(24)14-13-17(23)15-12(9-6-10-21-15)16(22)19(13)26-18(14)11-7-4-3-5-8-11/h3-10H,2H2,1H3. The lowest BCUT2D eigenvalue weighted by Gasteiger charge is -2.12. The van der Waals surface area contributed by atoms with Crippen molar-refractivity contribution < 1.29 is 23.5 Å². The molecule has 3 aromatic rings. The number of pyridine rings is 1. The maximum absolute atomic E-state index is 12.9. The van der Waals surface area contributed by atoms with Crippen molar-refractivity contribution in [3.63, 3.8) is 0 Å². The molecule has 128 valence electrons. The molecule has 0 atom stereocenters. The van der Waals surface area contributed by atoms with Crippen molar-refractivity contribution >= 4 is 17.5 Å². The van der Waals surface area contributed by atoms with Gasteiger partial charge in [0.05, 0.1) is 17.7 Å². The number of hydrogen-bond donors (Lipinski definition) is 0. The van der Waals surface area contributed by atoms with Gasteiger partial charge in [0, 0.05) is 11.8 Å². The summed E-state index contributed by atoms with van der Waals surface area (Å²) in [5, 5.41) is 0. The van der Waals surface area contributed by atoms with Crippen LogP contribution in [0.15, 0.2) is 53.1 Å². The smallest absolute Gasteiger partial charge is 0.342 e. The van der Waals surface area contributed by atoms with Crippen LogP contribution in [-0.4, -0.2) is 29.1 Å². The molecule has 1 aliphatic carbocycles. The summed E-state index contributed by atoms with van der Waals surface area (Å²) in [6.45, 7) is 1.79. The molecule has 0 amide bonds. The highest BCUT2D eigenvalue weighted by atomic mass is 16.5. The summed E-state index contributed by atoms with van der Waals surface area (Å²) in [6.07, 6.45) is 1.43. The van der Waals surface area contributed by atoms with E-state index < -0.39 is 17.5 Å². The molecule has 6 nitrogen and oxygen atoms in total. The highest BCUT2D eigenvalue weighted by Crippen LogP contribution is 2.37. The molecule has 1 aliphatic rings. The van der Waals surface area contributed by atoms with Crippen LogP contribution >= 0.6 is 0 Å². The second-order valence-electron chi connectivity index (χ2n) is 5.65. The maximum Gasteiger partial charge on any atom is 0.342 e. The average Bonchev–Trinajstić information content (AvgIpc) is 3.08. The van der Waals surface area contributed by atoms with Crippen LogP contribution in [0.4, 0.5) is 0 Å². The fourth-order valence-corrected chi connectivity index (χ4v) is 3.01. The summed E-state index contributed by atoms with van der Waals surface area (Å²) >= 11 is 0. The van der Waals surface area contributed by atoms with Crippen molar-refractivity contribution in [1.29, 1.82) is 0 Å². The van der Waals surface area contributed by atoms with Crippen molar-refractivity contribution in [3.8, 4) is 11.3 Å². The van der Waals surface area contributed by atoms with Gasteiger partial charge in [-0.3, -0.25) is 14.6 Å². The molecule has 0 N–H and O–H groups in total. The van der Waals surface area contributed by atoms with E-state index in [1.807, 2.05) is 6.07 Å². The largest absolute Gasteiger partial charge is 0.462 e. The van der Waals surface area contributed by atoms with Crippen molar-refractivity contribution in [2.24, 2.45) is 0 Å². The van der Waals surface area contributed by atoms with Crippen LogP contribution < -0.4 is 0 Å². The molecule has 0 saturated heterocycles. The molecular formula is C20H13NO5. The minimum Gasteiger partial charge on any atom is -0.462 e. The van der Waals surface area contributed by atoms with Crippen molar-refractivity contribution in [1.82, 2.24) is 4.98 Å². The number of fused-ring (bicyclic) bond motifs is 2. The Hall–Kier alpha value is -3.54. The van der Waals surface area contributed by atoms with E-state index in [9.17, 15) is 14.4 Å². The fourth-order valence-electron chi connectivity index (χ4n) is 3.01. The van der Waals surface area contributed by atoms with E-state index in [2.05, 4.69) is 4.98 Å². The Morgan fingerprint density at radius 3 is 2.54 bits per heavy atom. The van der Waals surface area contributed by atoms with Crippen LogP contribution in [-0.2, 0) is 4.74 Å². The van der Waals surface area contributed by atoms with E-state index in [1.165, 1.54) is 12.3 Å². The molecule has 0 saturated carbocycles. The Bertz CT molecular complexity index is 1050. The van der Waals surface area contributed by atoms with Crippen LogP contribution in [0.3, 0.4) is 0 Å². The van der Waals surface area contributed by atoms with Gasteiger partial charge in [-0.05, 0) is 19.1 Å².